The fourth-order valence-electron chi connectivity index (χ4n) is 15.8. The first-order valence-electron chi connectivity index (χ1n) is 50.3. The quantitative estimate of drug-likeness (QED) is 0.0421. The van der Waals surface area contributed by atoms with E-state index < -0.39 is 0 Å². The fourth-order valence-corrected chi connectivity index (χ4v) is 15.8. The van der Waals surface area contributed by atoms with E-state index >= 15 is 0 Å². The minimum Gasteiger partial charge on any atom is -2.00 e. The molecule has 0 aliphatic carbocycles. The number of benzene rings is 20. The average Bonchev–Trinajstić information content (AvgIpc) is 0.959. The van der Waals surface area contributed by atoms with Crippen LogP contribution in [0.3, 0.4) is 0 Å². The molecular weight excluding hydrogens is 1840 g/mol. The molecule has 20 aromatic rings. The van der Waals surface area contributed by atoms with Gasteiger partial charge in [-0.05, 0) is 240 Å². The van der Waals surface area contributed by atoms with Crippen molar-refractivity contribution in [2.45, 2.75) is 128 Å². The summed E-state index contributed by atoms with van der Waals surface area (Å²) in [7, 11) is 0. The molecule has 0 amide bonds. The van der Waals surface area contributed by atoms with Crippen molar-refractivity contribution in [1.29, 1.82) is 0 Å². The minimum atomic E-state index is 0. The summed E-state index contributed by atoms with van der Waals surface area (Å²) >= 11 is 0. The Labute approximate surface area is 906 Å². The van der Waals surface area contributed by atoms with Gasteiger partial charge >= 0.3 is 0 Å². The standard InChI is InChI=1S/10C14H14.5S/c10*1-3-7-13(8-4-1)11-12-14-9-5-2-6-10-14;;;;;/h10*1-10H,11-12H2;;;;;/q;;;;;;;;;;5*-2. The maximum Gasteiger partial charge on any atom is -0.0238 e. The predicted molar refractivity (Wildman–Crippen MR) is 640 cm³/mol. The lowest BCUT2D eigenvalue weighted by atomic mass is 10.0. The third-order valence-corrected chi connectivity index (χ3v) is 23.9. The molecule has 0 spiro atoms. The molecule has 0 aliphatic heterocycles. The molecule has 740 valence electrons. The van der Waals surface area contributed by atoms with E-state index in [0.29, 0.717) is 0 Å². The Morgan fingerprint density at radius 3 is 0.124 bits per heavy atom. The predicted octanol–water partition coefficient (Wildman–Crippen LogP) is 34.7. The second-order valence-electron chi connectivity index (χ2n) is 34.7. The van der Waals surface area contributed by atoms with Gasteiger partial charge < -0.3 is 67.5 Å². The Hall–Kier alpha value is -13.9. The summed E-state index contributed by atoms with van der Waals surface area (Å²) in [4.78, 5) is 0. The van der Waals surface area contributed by atoms with Crippen LogP contribution < -0.4 is 0 Å². The van der Waals surface area contributed by atoms with Gasteiger partial charge in [-0.1, -0.05) is 607 Å². The molecule has 0 unspecified atom stereocenters. The Morgan fingerprint density at radius 2 is 0.0897 bits per heavy atom. The van der Waals surface area contributed by atoms with Gasteiger partial charge in [0.25, 0.3) is 0 Å². The molecule has 0 aliphatic rings. The summed E-state index contributed by atoms with van der Waals surface area (Å²) in [6.07, 6.45) is 22.6. The van der Waals surface area contributed by atoms with Crippen LogP contribution in [-0.2, 0) is 196 Å². The molecule has 0 heterocycles. The van der Waals surface area contributed by atoms with Gasteiger partial charge in [0.15, 0.2) is 0 Å². The van der Waals surface area contributed by atoms with E-state index in [4.69, 9.17) is 0 Å². The SMILES string of the molecule is [S-2].[S-2].[S-2].[S-2].[S-2].c1ccc(CCc2ccccc2)cc1.c1ccc(CCc2ccccc2)cc1.c1ccc(CCc2ccccc2)cc1.c1ccc(CCc2ccccc2)cc1.c1ccc(CCc2ccccc2)cc1.c1ccc(CCc2ccccc2)cc1.c1ccc(CCc2ccccc2)cc1.c1ccc(CCc2ccccc2)cc1.c1ccc(CCc2ccccc2)cc1.c1ccc(CCc2ccccc2)cc1. The number of rotatable bonds is 30. The second kappa shape index (κ2) is 78.6. The molecule has 0 nitrogen and oxygen atoms in total. The maximum absolute atomic E-state index is 2.18. The van der Waals surface area contributed by atoms with Crippen LogP contribution in [0.2, 0.25) is 0 Å². The number of hydrogen-bond donors (Lipinski definition) is 0. The lowest BCUT2D eigenvalue weighted by Gasteiger charge is -2.01. The monoisotopic (exact) mass is 1980 g/mol. The Balaban J connectivity index is 0.000000245. The van der Waals surface area contributed by atoms with Crippen molar-refractivity contribution in [2.24, 2.45) is 0 Å². The van der Waals surface area contributed by atoms with E-state index in [2.05, 4.69) is 607 Å². The van der Waals surface area contributed by atoms with Gasteiger partial charge in [-0.3, -0.25) is 0 Å². The first kappa shape index (κ1) is 120. The highest BCUT2D eigenvalue weighted by Crippen LogP contribution is 2.17. The molecule has 0 saturated heterocycles. The third kappa shape index (κ3) is 55.6. The summed E-state index contributed by atoms with van der Waals surface area (Å²) in [6, 6.07) is 212. The first-order chi connectivity index (χ1) is 69.5. The van der Waals surface area contributed by atoms with E-state index in [0.717, 1.165) is 128 Å². The number of hydrogen-bond acceptors (Lipinski definition) is 0. The van der Waals surface area contributed by atoms with E-state index in [9.17, 15) is 0 Å². The highest BCUT2D eigenvalue weighted by Gasteiger charge is 2.03. The largest absolute Gasteiger partial charge is 2.00 e. The molecule has 0 radical (unpaired) electrons. The molecule has 0 N–H and O–H groups in total. The molecule has 0 atom stereocenters. The van der Waals surface area contributed by atoms with Gasteiger partial charge in [-0.2, -0.15) is 0 Å². The molecule has 20 rings (SSSR count). The Kier molecular flexibility index (Phi) is 65.0. The van der Waals surface area contributed by atoms with Crippen LogP contribution in [0.1, 0.15) is 111 Å². The normalized spacial score (nSPS) is 9.66. The van der Waals surface area contributed by atoms with Crippen LogP contribution in [0.4, 0.5) is 0 Å². The third-order valence-electron chi connectivity index (χ3n) is 23.9. The summed E-state index contributed by atoms with van der Waals surface area (Å²) in [6.45, 7) is 0. The van der Waals surface area contributed by atoms with Gasteiger partial charge in [0.05, 0.1) is 0 Å². The summed E-state index contributed by atoms with van der Waals surface area (Å²) in [5.74, 6) is 0. The molecule has 0 saturated carbocycles. The Morgan fingerprint density at radius 1 is 0.0552 bits per heavy atom. The smallest absolute Gasteiger partial charge is 0.0238 e. The minimum absolute atomic E-state index is 0. The molecule has 145 heavy (non-hydrogen) atoms. The zero-order valence-electron chi connectivity index (χ0n) is 83.9. The van der Waals surface area contributed by atoms with Crippen LogP contribution in [-0.4, -0.2) is 0 Å². The van der Waals surface area contributed by atoms with Crippen LogP contribution in [0.25, 0.3) is 0 Å². The van der Waals surface area contributed by atoms with Gasteiger partial charge in [0.2, 0.25) is 0 Å². The van der Waals surface area contributed by atoms with Gasteiger partial charge in [0.1, 0.15) is 0 Å². The fraction of sp³-hybridized carbons (Fsp3) is 0.143. The van der Waals surface area contributed by atoms with Crippen molar-refractivity contribution in [1.82, 2.24) is 0 Å². The lowest BCUT2D eigenvalue weighted by Crippen LogP contribution is -1.89. The number of aryl methyl sites for hydroxylation is 20. The van der Waals surface area contributed by atoms with Crippen LogP contribution in [0.15, 0.2) is 607 Å². The van der Waals surface area contributed by atoms with Crippen molar-refractivity contribution in [3.05, 3.63) is 718 Å². The highest BCUT2D eigenvalue weighted by molar-refractivity contribution is 7.37. The van der Waals surface area contributed by atoms with Gasteiger partial charge in [0, 0.05) is 0 Å². The van der Waals surface area contributed by atoms with E-state index in [1.165, 1.54) is 111 Å². The molecule has 0 fully saturated rings. The zero-order valence-corrected chi connectivity index (χ0v) is 88.0. The van der Waals surface area contributed by atoms with Gasteiger partial charge in [-0.15, -0.1) is 0 Å². The van der Waals surface area contributed by atoms with Crippen molar-refractivity contribution in [2.75, 3.05) is 0 Å². The topological polar surface area (TPSA) is 0 Å². The Bertz CT molecular complexity index is 4570. The molecule has 5 heteroatoms. The summed E-state index contributed by atoms with van der Waals surface area (Å²) < 4.78 is 0. The molecule has 0 aromatic heterocycles. The molecular formula is C140H140S5-10. The second-order valence-corrected chi connectivity index (χ2v) is 34.7. The van der Waals surface area contributed by atoms with E-state index in [-0.39, 0.29) is 67.5 Å². The van der Waals surface area contributed by atoms with Crippen LogP contribution >= 0.6 is 0 Å². The first-order valence-corrected chi connectivity index (χ1v) is 50.3. The molecule has 20 aromatic carbocycles. The lowest BCUT2D eigenvalue weighted by molar-refractivity contribution is 0.960. The van der Waals surface area contributed by atoms with Crippen molar-refractivity contribution in [3.8, 4) is 0 Å². The summed E-state index contributed by atoms with van der Waals surface area (Å²) in [5.41, 5.74) is 28.3. The summed E-state index contributed by atoms with van der Waals surface area (Å²) in [5, 5.41) is 0. The average molecular weight is 1980 g/mol. The molecule has 0 bridgehead atoms. The maximum atomic E-state index is 2.18. The van der Waals surface area contributed by atoms with Gasteiger partial charge in [-0.25, -0.2) is 0 Å². The van der Waals surface area contributed by atoms with Crippen molar-refractivity contribution in [3.63, 3.8) is 0 Å². The highest BCUT2D eigenvalue weighted by atomic mass is 32.1. The van der Waals surface area contributed by atoms with Crippen molar-refractivity contribution >= 4 is 67.5 Å². The van der Waals surface area contributed by atoms with Crippen LogP contribution in [0, 0.1) is 0 Å². The van der Waals surface area contributed by atoms with E-state index in [1.807, 2.05) is 0 Å². The van der Waals surface area contributed by atoms with E-state index in [1.54, 1.807) is 0 Å². The van der Waals surface area contributed by atoms with Crippen LogP contribution in [0.5, 0.6) is 0 Å². The van der Waals surface area contributed by atoms with Crippen molar-refractivity contribution < 1.29 is 0 Å². The zero-order chi connectivity index (χ0) is 96.4.